The van der Waals surface area contributed by atoms with Crippen molar-refractivity contribution >= 4 is 11.7 Å². The van der Waals surface area contributed by atoms with Gasteiger partial charge in [-0.2, -0.15) is 5.10 Å². The van der Waals surface area contributed by atoms with Crippen LogP contribution in [0.4, 0.5) is 5.82 Å². The van der Waals surface area contributed by atoms with Crippen LogP contribution in [-0.4, -0.2) is 22.2 Å². The summed E-state index contributed by atoms with van der Waals surface area (Å²) >= 11 is 0. The molecule has 1 aromatic heterocycles. The molecule has 1 aromatic carbocycles. The summed E-state index contributed by atoms with van der Waals surface area (Å²) in [4.78, 5) is 12.0. The van der Waals surface area contributed by atoms with Gasteiger partial charge in [-0.3, -0.25) is 9.48 Å². The summed E-state index contributed by atoms with van der Waals surface area (Å²) in [5, 5.41) is 6.76. The van der Waals surface area contributed by atoms with E-state index in [0.29, 0.717) is 17.9 Å². The third-order valence-corrected chi connectivity index (χ3v) is 2.54. The van der Waals surface area contributed by atoms with Gasteiger partial charge in [0.2, 0.25) is 0 Å². The van der Waals surface area contributed by atoms with Gasteiger partial charge in [0.15, 0.2) is 0 Å². The minimum atomic E-state index is -0.179. The molecule has 0 aliphatic carbocycles. The average molecular weight is 254 g/mol. The summed E-state index contributed by atoms with van der Waals surface area (Å²) in [6.07, 6.45) is 1.63. The Hall–Kier alpha value is -2.58. The zero-order valence-electron chi connectivity index (χ0n) is 10.6. The molecule has 0 spiro atoms. The summed E-state index contributed by atoms with van der Waals surface area (Å²) in [6.45, 7) is 0.322. The van der Waals surface area contributed by atoms with E-state index in [4.69, 9.17) is 5.73 Å². The number of hydrogen-bond donors (Lipinski definition) is 2. The Labute approximate surface area is 111 Å². The molecule has 1 heterocycles. The Morgan fingerprint density at radius 1 is 1.37 bits per heavy atom. The lowest BCUT2D eigenvalue weighted by Crippen LogP contribution is -2.14. The first-order chi connectivity index (χ1) is 9.20. The van der Waals surface area contributed by atoms with Gasteiger partial charge in [0.05, 0.1) is 12.7 Å². The fourth-order valence-corrected chi connectivity index (χ4v) is 1.54. The first kappa shape index (κ1) is 12.9. The zero-order chi connectivity index (χ0) is 13.7. The minimum absolute atomic E-state index is 0.179. The average Bonchev–Trinajstić information content (AvgIpc) is 2.82. The zero-order valence-corrected chi connectivity index (χ0v) is 10.6. The van der Waals surface area contributed by atoms with Gasteiger partial charge in [-0.05, 0) is 24.3 Å². The quantitative estimate of drug-likeness (QED) is 0.785. The summed E-state index contributed by atoms with van der Waals surface area (Å²) in [6, 6.07) is 8.78. The van der Waals surface area contributed by atoms with E-state index in [1.54, 1.807) is 48.3 Å². The van der Waals surface area contributed by atoms with Crippen LogP contribution in [0.5, 0.6) is 0 Å². The number of aromatic nitrogens is 2. The number of nitrogens with two attached hydrogens (primary N) is 1. The van der Waals surface area contributed by atoms with Crippen LogP contribution in [0.2, 0.25) is 0 Å². The third kappa shape index (κ3) is 3.21. The van der Waals surface area contributed by atoms with E-state index in [1.807, 2.05) is 0 Å². The van der Waals surface area contributed by atoms with Crippen molar-refractivity contribution in [3.63, 3.8) is 0 Å². The fourth-order valence-electron chi connectivity index (χ4n) is 1.54. The number of aryl methyl sites for hydroxylation is 1. The van der Waals surface area contributed by atoms with Crippen LogP contribution in [0.1, 0.15) is 15.9 Å². The maximum atomic E-state index is 12.0. The molecule has 3 N–H and O–H groups in total. The van der Waals surface area contributed by atoms with Gasteiger partial charge in [0.1, 0.15) is 5.82 Å². The fraction of sp³-hybridized carbons (Fsp3) is 0.143. The SMILES string of the molecule is Cn1nccc1NC(=O)c1ccc(C#CCN)cc1. The monoisotopic (exact) mass is 254 g/mol. The van der Waals surface area contributed by atoms with Crippen LogP contribution in [0, 0.1) is 11.8 Å². The van der Waals surface area contributed by atoms with Crippen LogP contribution in [0.25, 0.3) is 0 Å². The molecule has 19 heavy (non-hydrogen) atoms. The van der Waals surface area contributed by atoms with E-state index < -0.39 is 0 Å². The number of hydrogen-bond acceptors (Lipinski definition) is 3. The summed E-state index contributed by atoms with van der Waals surface area (Å²) in [5.41, 5.74) is 6.70. The van der Waals surface area contributed by atoms with Crippen LogP contribution in [0.3, 0.4) is 0 Å². The molecule has 0 radical (unpaired) electrons. The highest BCUT2D eigenvalue weighted by molar-refractivity contribution is 6.03. The highest BCUT2D eigenvalue weighted by Gasteiger charge is 2.07. The van der Waals surface area contributed by atoms with Crippen molar-refractivity contribution in [2.75, 3.05) is 11.9 Å². The lowest BCUT2D eigenvalue weighted by molar-refractivity contribution is 0.102. The molecule has 0 aliphatic heterocycles. The van der Waals surface area contributed by atoms with Crippen molar-refractivity contribution in [3.05, 3.63) is 47.7 Å². The molecular formula is C14H14N4O. The van der Waals surface area contributed by atoms with Crippen molar-refractivity contribution < 1.29 is 4.79 Å². The topological polar surface area (TPSA) is 72.9 Å². The van der Waals surface area contributed by atoms with E-state index in [-0.39, 0.29) is 5.91 Å². The van der Waals surface area contributed by atoms with Crippen LogP contribution >= 0.6 is 0 Å². The number of nitrogens with zero attached hydrogens (tertiary/aromatic N) is 2. The number of rotatable bonds is 2. The van der Waals surface area contributed by atoms with E-state index in [0.717, 1.165) is 5.56 Å². The second kappa shape index (κ2) is 5.85. The smallest absolute Gasteiger partial charge is 0.256 e. The van der Waals surface area contributed by atoms with Crippen molar-refractivity contribution in [2.45, 2.75) is 0 Å². The minimum Gasteiger partial charge on any atom is -0.320 e. The molecule has 0 saturated heterocycles. The van der Waals surface area contributed by atoms with Gasteiger partial charge in [-0.1, -0.05) is 11.8 Å². The number of carbonyl (C=O) groups excluding carboxylic acids is 1. The first-order valence-corrected chi connectivity index (χ1v) is 5.79. The molecule has 5 nitrogen and oxygen atoms in total. The predicted octanol–water partition coefficient (Wildman–Crippen LogP) is 0.983. The molecule has 5 heteroatoms. The molecule has 1 amide bonds. The Balaban J connectivity index is 2.10. The van der Waals surface area contributed by atoms with Gasteiger partial charge < -0.3 is 11.1 Å². The Bertz CT molecular complexity index is 631. The van der Waals surface area contributed by atoms with Crippen molar-refractivity contribution in [3.8, 4) is 11.8 Å². The normalized spacial score (nSPS) is 9.58. The molecule has 2 aromatic rings. The molecule has 96 valence electrons. The number of amides is 1. The molecular weight excluding hydrogens is 240 g/mol. The number of carbonyl (C=O) groups is 1. The van der Waals surface area contributed by atoms with E-state index in [9.17, 15) is 4.79 Å². The summed E-state index contributed by atoms with van der Waals surface area (Å²) in [5.74, 6) is 6.14. The van der Waals surface area contributed by atoms with Gasteiger partial charge in [-0.25, -0.2) is 0 Å². The van der Waals surface area contributed by atoms with E-state index in [2.05, 4.69) is 22.3 Å². The van der Waals surface area contributed by atoms with Gasteiger partial charge >= 0.3 is 0 Å². The second-order valence-corrected chi connectivity index (χ2v) is 3.88. The summed E-state index contributed by atoms with van der Waals surface area (Å²) in [7, 11) is 1.77. The van der Waals surface area contributed by atoms with Crippen molar-refractivity contribution in [2.24, 2.45) is 12.8 Å². The number of nitrogens with one attached hydrogen (secondary N) is 1. The van der Waals surface area contributed by atoms with Gasteiger partial charge in [0.25, 0.3) is 5.91 Å². The maximum absolute atomic E-state index is 12.0. The van der Waals surface area contributed by atoms with Gasteiger partial charge in [-0.15, -0.1) is 0 Å². The van der Waals surface area contributed by atoms with Crippen molar-refractivity contribution in [1.82, 2.24) is 9.78 Å². The van der Waals surface area contributed by atoms with Crippen LogP contribution < -0.4 is 11.1 Å². The predicted molar refractivity (Wildman–Crippen MR) is 73.5 cm³/mol. The largest absolute Gasteiger partial charge is 0.320 e. The standard InChI is InChI=1S/C14H14N4O/c1-18-13(8-10-16-18)17-14(19)12-6-4-11(5-7-12)3-2-9-15/h4-8,10H,9,15H2,1H3,(H,17,19). The number of anilines is 1. The lowest BCUT2D eigenvalue weighted by atomic mass is 10.1. The Morgan fingerprint density at radius 2 is 2.11 bits per heavy atom. The Morgan fingerprint density at radius 3 is 2.68 bits per heavy atom. The Kier molecular flexibility index (Phi) is 3.96. The van der Waals surface area contributed by atoms with Crippen LogP contribution in [-0.2, 0) is 7.05 Å². The molecule has 2 rings (SSSR count). The second-order valence-electron chi connectivity index (χ2n) is 3.88. The molecule has 0 unspecified atom stereocenters. The summed E-state index contributed by atoms with van der Waals surface area (Å²) < 4.78 is 1.60. The lowest BCUT2D eigenvalue weighted by Gasteiger charge is -2.05. The molecule has 0 aliphatic rings. The number of benzene rings is 1. The maximum Gasteiger partial charge on any atom is 0.256 e. The first-order valence-electron chi connectivity index (χ1n) is 5.79. The third-order valence-electron chi connectivity index (χ3n) is 2.54. The van der Waals surface area contributed by atoms with E-state index in [1.165, 1.54) is 0 Å². The highest BCUT2D eigenvalue weighted by atomic mass is 16.1. The van der Waals surface area contributed by atoms with Crippen LogP contribution in [0.15, 0.2) is 36.5 Å². The highest BCUT2D eigenvalue weighted by Crippen LogP contribution is 2.08. The molecule has 0 atom stereocenters. The van der Waals surface area contributed by atoms with Gasteiger partial charge in [0, 0.05) is 24.2 Å². The van der Waals surface area contributed by atoms with E-state index >= 15 is 0 Å². The molecule has 0 fully saturated rings. The van der Waals surface area contributed by atoms with Crippen molar-refractivity contribution in [1.29, 1.82) is 0 Å². The molecule has 0 saturated carbocycles. The molecule has 0 bridgehead atoms.